The summed E-state index contributed by atoms with van der Waals surface area (Å²) >= 11 is 16.6. The lowest BCUT2D eigenvalue weighted by Crippen LogP contribution is -2.16. The molecule has 0 saturated carbocycles. The zero-order chi connectivity index (χ0) is 18.7. The first kappa shape index (κ1) is 19.4. The monoisotopic (exact) mass is 493 g/mol. The second kappa shape index (κ2) is 8.10. The van der Waals surface area contributed by atoms with Gasteiger partial charge in [-0.25, -0.2) is 18.4 Å². The number of halogens is 3. The molecular formula is C15H10BrCl2N3O3S2. The first-order chi connectivity index (χ1) is 12.4. The Labute approximate surface area is 172 Å². The maximum atomic E-state index is 12.7. The molecule has 0 fully saturated rings. The fourth-order valence-corrected chi connectivity index (χ4v) is 4.61. The summed E-state index contributed by atoms with van der Waals surface area (Å²) in [7, 11) is -4.04. The average Bonchev–Trinajstić information content (AvgIpc) is 3.10. The highest BCUT2D eigenvalue weighted by Crippen LogP contribution is 2.31. The molecular weight excluding hydrogens is 485 g/mol. The van der Waals surface area contributed by atoms with E-state index in [1.807, 2.05) is 16.8 Å². The minimum absolute atomic E-state index is 0.0345. The molecule has 2 heterocycles. The number of anilines is 1. The number of hydrogen-bond donors (Lipinski definition) is 1. The summed E-state index contributed by atoms with van der Waals surface area (Å²) in [4.78, 5) is 8.02. The molecule has 0 aliphatic carbocycles. The number of thiophene rings is 1. The van der Waals surface area contributed by atoms with Crippen LogP contribution in [0.25, 0.3) is 0 Å². The van der Waals surface area contributed by atoms with E-state index in [0.29, 0.717) is 4.60 Å². The fourth-order valence-electron chi connectivity index (χ4n) is 1.92. The minimum atomic E-state index is -4.04. The number of sulfonamides is 1. The number of aromatic nitrogens is 2. The highest BCUT2D eigenvalue weighted by atomic mass is 79.9. The van der Waals surface area contributed by atoms with Crippen LogP contribution in [0.4, 0.5) is 5.82 Å². The lowest BCUT2D eigenvalue weighted by Gasteiger charge is -2.13. The van der Waals surface area contributed by atoms with Gasteiger partial charge in [0.15, 0.2) is 0 Å². The molecule has 3 aromatic rings. The number of ether oxygens (including phenoxy) is 1. The van der Waals surface area contributed by atoms with E-state index >= 15 is 0 Å². The van der Waals surface area contributed by atoms with Crippen LogP contribution in [0.3, 0.4) is 0 Å². The van der Waals surface area contributed by atoms with Gasteiger partial charge in [0.25, 0.3) is 15.9 Å². The Morgan fingerprint density at radius 2 is 2.08 bits per heavy atom. The second-order valence-corrected chi connectivity index (χ2v) is 8.95. The summed E-state index contributed by atoms with van der Waals surface area (Å²) < 4.78 is 33.7. The predicted octanol–water partition coefficient (Wildman–Crippen LogP) is 4.99. The number of benzene rings is 1. The fraction of sp³-hybridized carbons (Fsp3) is 0.0667. The third-order valence-electron chi connectivity index (χ3n) is 3.10. The van der Waals surface area contributed by atoms with Crippen molar-refractivity contribution in [3.8, 4) is 5.88 Å². The van der Waals surface area contributed by atoms with Gasteiger partial charge in [-0.1, -0.05) is 29.3 Å². The summed E-state index contributed by atoms with van der Waals surface area (Å²) in [6, 6.07) is 6.22. The maximum absolute atomic E-state index is 12.7. The van der Waals surface area contributed by atoms with E-state index in [4.69, 9.17) is 27.9 Å². The molecule has 11 heteroatoms. The zero-order valence-corrected chi connectivity index (χ0v) is 17.5. The lowest BCUT2D eigenvalue weighted by molar-refractivity contribution is 0.294. The van der Waals surface area contributed by atoms with Crippen LogP contribution in [0.15, 0.2) is 50.7 Å². The average molecular weight is 495 g/mol. The van der Waals surface area contributed by atoms with Gasteiger partial charge in [-0.15, -0.1) is 0 Å². The zero-order valence-electron chi connectivity index (χ0n) is 12.8. The molecule has 0 radical (unpaired) electrons. The van der Waals surface area contributed by atoms with Crippen LogP contribution >= 0.6 is 50.5 Å². The summed E-state index contributed by atoms with van der Waals surface area (Å²) in [5.74, 6) is -0.0215. The van der Waals surface area contributed by atoms with Crippen molar-refractivity contribution >= 4 is 66.3 Å². The Morgan fingerprint density at radius 3 is 2.81 bits per heavy atom. The van der Waals surface area contributed by atoms with Crippen molar-refractivity contribution in [2.24, 2.45) is 0 Å². The number of nitrogens with zero attached hydrogens (tertiary/aromatic N) is 2. The molecule has 0 bridgehead atoms. The molecule has 136 valence electrons. The van der Waals surface area contributed by atoms with Crippen molar-refractivity contribution < 1.29 is 13.2 Å². The van der Waals surface area contributed by atoms with E-state index < -0.39 is 10.0 Å². The van der Waals surface area contributed by atoms with Gasteiger partial charge in [-0.3, -0.25) is 4.72 Å². The third-order valence-corrected chi connectivity index (χ3v) is 6.53. The molecule has 3 rings (SSSR count). The standard InChI is InChI=1S/C15H10BrCl2N3O3S2/c16-12-6-19-14(15(20-12)24-7-9-4-5-25-8-9)21-26(22,23)11-3-1-2-10(17)13(11)18/h1-6,8H,7H2,(H,19,21). The van der Waals surface area contributed by atoms with Crippen molar-refractivity contribution in [1.82, 2.24) is 9.97 Å². The molecule has 0 atom stereocenters. The third kappa shape index (κ3) is 4.47. The van der Waals surface area contributed by atoms with Crippen LogP contribution < -0.4 is 9.46 Å². The molecule has 0 spiro atoms. The van der Waals surface area contributed by atoms with Crippen molar-refractivity contribution in [1.29, 1.82) is 0 Å². The Balaban J connectivity index is 1.90. The Bertz CT molecular complexity index is 1030. The molecule has 26 heavy (non-hydrogen) atoms. The highest BCUT2D eigenvalue weighted by molar-refractivity contribution is 9.10. The van der Waals surface area contributed by atoms with Crippen LogP contribution in [0, 0.1) is 0 Å². The largest absolute Gasteiger partial charge is 0.470 e. The SMILES string of the molecule is O=S(=O)(Nc1ncc(Br)nc1OCc1ccsc1)c1cccc(Cl)c1Cl. The maximum Gasteiger partial charge on any atom is 0.264 e. The Hall–Kier alpha value is -1.39. The number of nitrogens with one attached hydrogen (secondary N) is 1. The molecule has 0 aliphatic rings. The Kier molecular flexibility index (Phi) is 6.03. The van der Waals surface area contributed by atoms with E-state index in [-0.39, 0.29) is 33.2 Å². The summed E-state index contributed by atoms with van der Waals surface area (Å²) in [6.07, 6.45) is 1.36. The van der Waals surface area contributed by atoms with E-state index in [0.717, 1.165) is 5.56 Å². The minimum Gasteiger partial charge on any atom is -0.470 e. The molecule has 6 nitrogen and oxygen atoms in total. The van der Waals surface area contributed by atoms with Crippen molar-refractivity contribution in [3.05, 3.63) is 61.4 Å². The smallest absolute Gasteiger partial charge is 0.264 e. The topological polar surface area (TPSA) is 81.2 Å². The van der Waals surface area contributed by atoms with Crippen molar-refractivity contribution in [3.63, 3.8) is 0 Å². The van der Waals surface area contributed by atoms with Gasteiger partial charge in [0, 0.05) is 5.56 Å². The van der Waals surface area contributed by atoms with Gasteiger partial charge in [0.05, 0.1) is 16.2 Å². The summed E-state index contributed by atoms with van der Waals surface area (Å²) in [6.45, 7) is 0.223. The van der Waals surface area contributed by atoms with E-state index in [1.54, 1.807) is 0 Å². The normalized spacial score (nSPS) is 11.3. The number of hydrogen-bond acceptors (Lipinski definition) is 6. The van der Waals surface area contributed by atoms with Crippen LogP contribution in [0.1, 0.15) is 5.56 Å². The molecule has 1 aromatic carbocycles. The molecule has 0 amide bonds. The van der Waals surface area contributed by atoms with E-state index in [2.05, 4.69) is 30.6 Å². The van der Waals surface area contributed by atoms with Gasteiger partial charge >= 0.3 is 0 Å². The van der Waals surface area contributed by atoms with Gasteiger partial charge in [-0.2, -0.15) is 11.3 Å². The quantitative estimate of drug-likeness (QED) is 0.522. The highest BCUT2D eigenvalue weighted by Gasteiger charge is 2.22. The number of rotatable bonds is 6. The molecule has 2 aromatic heterocycles. The summed E-state index contributed by atoms with van der Waals surface area (Å²) in [5.41, 5.74) is 0.934. The molecule has 0 aliphatic heterocycles. The summed E-state index contributed by atoms with van der Waals surface area (Å²) in [5, 5.41) is 3.88. The van der Waals surface area contributed by atoms with Crippen molar-refractivity contribution in [2.75, 3.05) is 4.72 Å². The van der Waals surface area contributed by atoms with E-state index in [9.17, 15) is 8.42 Å². The van der Waals surface area contributed by atoms with Crippen LogP contribution in [-0.2, 0) is 16.6 Å². The van der Waals surface area contributed by atoms with Gasteiger partial charge in [-0.05, 0) is 44.9 Å². The van der Waals surface area contributed by atoms with Gasteiger partial charge in [0.2, 0.25) is 5.82 Å². The van der Waals surface area contributed by atoms with Crippen LogP contribution in [-0.4, -0.2) is 18.4 Å². The first-order valence-electron chi connectivity index (χ1n) is 7.00. The van der Waals surface area contributed by atoms with Gasteiger partial charge in [0.1, 0.15) is 16.1 Å². The molecule has 1 N–H and O–H groups in total. The molecule has 0 unspecified atom stereocenters. The van der Waals surface area contributed by atoms with Crippen LogP contribution in [0.5, 0.6) is 5.88 Å². The van der Waals surface area contributed by atoms with E-state index in [1.165, 1.54) is 35.7 Å². The molecule has 0 saturated heterocycles. The predicted molar refractivity (Wildman–Crippen MR) is 106 cm³/mol. The Morgan fingerprint density at radius 1 is 1.27 bits per heavy atom. The first-order valence-corrected chi connectivity index (χ1v) is 11.0. The lowest BCUT2D eigenvalue weighted by atomic mass is 10.4. The van der Waals surface area contributed by atoms with Gasteiger partial charge < -0.3 is 4.74 Å². The van der Waals surface area contributed by atoms with Crippen molar-refractivity contribution in [2.45, 2.75) is 11.5 Å². The van der Waals surface area contributed by atoms with Crippen LogP contribution in [0.2, 0.25) is 10.0 Å². The second-order valence-electron chi connectivity index (χ2n) is 4.92.